The van der Waals surface area contributed by atoms with Gasteiger partial charge in [0, 0.05) is 36.5 Å². The molecule has 1 aromatic carbocycles. The van der Waals surface area contributed by atoms with Crippen LogP contribution in [0.2, 0.25) is 0 Å². The van der Waals surface area contributed by atoms with Gasteiger partial charge in [0.1, 0.15) is 0 Å². The highest BCUT2D eigenvalue weighted by atomic mass is 79.9. The molecule has 1 aromatic rings. The first-order valence-electron chi connectivity index (χ1n) is 8.53. The van der Waals surface area contributed by atoms with Crippen LogP contribution in [0.25, 0.3) is 0 Å². The Labute approximate surface area is 143 Å². The van der Waals surface area contributed by atoms with Crippen LogP contribution in [0.15, 0.2) is 28.7 Å². The molecule has 0 saturated carbocycles. The van der Waals surface area contributed by atoms with Crippen molar-refractivity contribution in [1.29, 1.82) is 0 Å². The molecule has 1 heterocycles. The Morgan fingerprint density at radius 2 is 2.00 bits per heavy atom. The molecule has 1 aliphatic heterocycles. The summed E-state index contributed by atoms with van der Waals surface area (Å²) in [5.41, 5.74) is 1.30. The molecule has 1 aliphatic rings. The molecule has 1 saturated heterocycles. The molecule has 0 spiro atoms. The number of hydrogen-bond donors (Lipinski definition) is 0. The predicted octanol–water partition coefficient (Wildman–Crippen LogP) is 4.99. The van der Waals surface area contributed by atoms with Crippen molar-refractivity contribution < 1.29 is 9.47 Å². The molecular weight excluding hydrogens is 342 g/mol. The number of nitrogens with zero attached hydrogens (tertiary/aromatic N) is 1. The van der Waals surface area contributed by atoms with E-state index in [-0.39, 0.29) is 6.29 Å². The number of halogens is 1. The van der Waals surface area contributed by atoms with Crippen molar-refractivity contribution in [2.45, 2.75) is 51.7 Å². The fraction of sp³-hybridized carbons (Fsp3) is 0.667. The average molecular weight is 370 g/mol. The highest BCUT2D eigenvalue weighted by Crippen LogP contribution is 2.19. The van der Waals surface area contributed by atoms with E-state index in [1.165, 1.54) is 31.4 Å². The van der Waals surface area contributed by atoms with Crippen LogP contribution in [0.3, 0.4) is 0 Å². The molecule has 4 heteroatoms. The Bertz CT molecular complexity index is 404. The Kier molecular flexibility index (Phi) is 8.27. The maximum atomic E-state index is 5.77. The number of hydrogen-bond acceptors (Lipinski definition) is 3. The summed E-state index contributed by atoms with van der Waals surface area (Å²) in [7, 11) is 0. The predicted molar refractivity (Wildman–Crippen MR) is 95.4 cm³/mol. The number of unbranched alkanes of at least 4 members (excludes halogenated alkanes) is 2. The van der Waals surface area contributed by atoms with Crippen molar-refractivity contribution in [3.05, 3.63) is 28.7 Å². The summed E-state index contributed by atoms with van der Waals surface area (Å²) in [5.74, 6) is 0. The van der Waals surface area contributed by atoms with Gasteiger partial charge >= 0.3 is 0 Å². The van der Waals surface area contributed by atoms with E-state index in [2.05, 4.69) is 52.0 Å². The van der Waals surface area contributed by atoms with Gasteiger partial charge in [0.15, 0.2) is 6.29 Å². The summed E-state index contributed by atoms with van der Waals surface area (Å²) >= 11 is 3.49. The van der Waals surface area contributed by atoms with E-state index >= 15 is 0 Å². The van der Waals surface area contributed by atoms with Crippen molar-refractivity contribution in [3.8, 4) is 0 Å². The van der Waals surface area contributed by atoms with E-state index in [9.17, 15) is 0 Å². The lowest BCUT2D eigenvalue weighted by Crippen LogP contribution is -2.24. The zero-order valence-electron chi connectivity index (χ0n) is 13.6. The lowest BCUT2D eigenvalue weighted by molar-refractivity contribution is -0.162. The quantitative estimate of drug-likeness (QED) is 0.572. The van der Waals surface area contributed by atoms with Crippen LogP contribution in [0.5, 0.6) is 0 Å². The molecule has 1 atom stereocenters. The summed E-state index contributed by atoms with van der Waals surface area (Å²) < 4.78 is 12.5. The number of rotatable bonds is 9. The standard InChI is InChI=1S/C18H28BrNO2/c1-2-20(17-11-9-16(19)10-12-17)13-5-3-6-14-21-18-8-4-7-15-22-18/h9-12,18H,2-8,13-15H2,1H3. The van der Waals surface area contributed by atoms with Crippen LogP contribution >= 0.6 is 15.9 Å². The normalized spacial score (nSPS) is 18.4. The zero-order valence-corrected chi connectivity index (χ0v) is 15.2. The van der Waals surface area contributed by atoms with Crippen molar-refractivity contribution in [1.82, 2.24) is 0 Å². The van der Waals surface area contributed by atoms with Gasteiger partial charge in [-0.1, -0.05) is 15.9 Å². The lowest BCUT2D eigenvalue weighted by Gasteiger charge is -2.24. The minimum absolute atomic E-state index is 0.0589. The monoisotopic (exact) mass is 369 g/mol. The van der Waals surface area contributed by atoms with E-state index in [1.807, 2.05) is 0 Å². The molecule has 0 N–H and O–H groups in total. The number of benzene rings is 1. The number of anilines is 1. The molecule has 0 radical (unpaired) electrons. The Morgan fingerprint density at radius 3 is 2.68 bits per heavy atom. The molecular formula is C18H28BrNO2. The maximum absolute atomic E-state index is 5.77. The van der Waals surface area contributed by atoms with Crippen molar-refractivity contribution in [2.24, 2.45) is 0 Å². The third-order valence-corrected chi connectivity index (χ3v) is 4.62. The van der Waals surface area contributed by atoms with Gasteiger partial charge in [0.2, 0.25) is 0 Å². The van der Waals surface area contributed by atoms with E-state index in [0.717, 1.165) is 43.6 Å². The van der Waals surface area contributed by atoms with E-state index < -0.39 is 0 Å². The molecule has 0 aromatic heterocycles. The third-order valence-electron chi connectivity index (χ3n) is 4.09. The van der Waals surface area contributed by atoms with Gasteiger partial charge in [-0.25, -0.2) is 0 Å². The molecule has 0 bridgehead atoms. The molecule has 22 heavy (non-hydrogen) atoms. The fourth-order valence-corrected chi connectivity index (χ4v) is 3.02. The van der Waals surface area contributed by atoms with Crippen molar-refractivity contribution >= 4 is 21.6 Å². The highest BCUT2D eigenvalue weighted by molar-refractivity contribution is 9.10. The van der Waals surface area contributed by atoms with E-state index in [0.29, 0.717) is 0 Å². The second kappa shape index (κ2) is 10.2. The topological polar surface area (TPSA) is 21.7 Å². The first-order chi connectivity index (χ1) is 10.8. The van der Waals surface area contributed by atoms with Crippen LogP contribution in [-0.4, -0.2) is 32.6 Å². The van der Waals surface area contributed by atoms with Gasteiger partial charge in [0.05, 0.1) is 0 Å². The Hall–Kier alpha value is -0.580. The van der Waals surface area contributed by atoms with Gasteiger partial charge < -0.3 is 14.4 Å². The molecule has 124 valence electrons. The second-order valence-electron chi connectivity index (χ2n) is 5.78. The summed E-state index contributed by atoms with van der Waals surface area (Å²) in [6.45, 7) is 6.07. The maximum Gasteiger partial charge on any atom is 0.157 e. The molecule has 0 amide bonds. The largest absolute Gasteiger partial charge is 0.372 e. The minimum Gasteiger partial charge on any atom is -0.372 e. The van der Waals surface area contributed by atoms with Crippen LogP contribution in [0.1, 0.15) is 45.4 Å². The summed E-state index contributed by atoms with van der Waals surface area (Å²) in [5, 5.41) is 0. The Balaban J connectivity index is 1.57. The van der Waals surface area contributed by atoms with Crippen LogP contribution in [-0.2, 0) is 9.47 Å². The smallest absolute Gasteiger partial charge is 0.157 e. The van der Waals surface area contributed by atoms with Crippen molar-refractivity contribution in [3.63, 3.8) is 0 Å². The second-order valence-corrected chi connectivity index (χ2v) is 6.70. The first-order valence-corrected chi connectivity index (χ1v) is 9.32. The Morgan fingerprint density at radius 1 is 1.18 bits per heavy atom. The van der Waals surface area contributed by atoms with Gasteiger partial charge in [-0.05, 0) is 69.7 Å². The zero-order chi connectivity index (χ0) is 15.6. The third kappa shape index (κ3) is 6.27. The van der Waals surface area contributed by atoms with Gasteiger partial charge in [-0.15, -0.1) is 0 Å². The molecule has 1 unspecified atom stereocenters. The summed E-state index contributed by atoms with van der Waals surface area (Å²) in [6.07, 6.45) is 7.08. The van der Waals surface area contributed by atoms with Crippen LogP contribution in [0.4, 0.5) is 5.69 Å². The van der Waals surface area contributed by atoms with Gasteiger partial charge in [-0.3, -0.25) is 0 Å². The number of ether oxygens (including phenoxy) is 2. The molecule has 0 aliphatic carbocycles. The van der Waals surface area contributed by atoms with E-state index in [4.69, 9.17) is 9.47 Å². The van der Waals surface area contributed by atoms with Crippen molar-refractivity contribution in [2.75, 3.05) is 31.2 Å². The van der Waals surface area contributed by atoms with Gasteiger partial charge in [-0.2, -0.15) is 0 Å². The summed E-state index contributed by atoms with van der Waals surface area (Å²) in [6, 6.07) is 8.57. The van der Waals surface area contributed by atoms with Crippen LogP contribution in [0, 0.1) is 0 Å². The van der Waals surface area contributed by atoms with Crippen LogP contribution < -0.4 is 4.90 Å². The van der Waals surface area contributed by atoms with Gasteiger partial charge in [0.25, 0.3) is 0 Å². The highest BCUT2D eigenvalue weighted by Gasteiger charge is 2.13. The fourth-order valence-electron chi connectivity index (χ4n) is 2.76. The molecule has 2 rings (SSSR count). The molecule has 3 nitrogen and oxygen atoms in total. The SMILES string of the molecule is CCN(CCCCCOC1CCCCO1)c1ccc(Br)cc1. The van der Waals surface area contributed by atoms with E-state index in [1.54, 1.807) is 0 Å². The molecule has 1 fully saturated rings. The minimum atomic E-state index is 0.0589. The average Bonchev–Trinajstić information content (AvgIpc) is 2.56. The first kappa shape index (κ1) is 17.8. The summed E-state index contributed by atoms with van der Waals surface area (Å²) in [4.78, 5) is 2.43. The lowest BCUT2D eigenvalue weighted by atomic mass is 10.2.